The molecule has 0 saturated carbocycles. The van der Waals surface area contributed by atoms with Crippen molar-refractivity contribution in [1.29, 1.82) is 0 Å². The van der Waals surface area contributed by atoms with Crippen LogP contribution in [0.3, 0.4) is 0 Å². The van der Waals surface area contributed by atoms with Gasteiger partial charge in [-0.05, 0) is 37.1 Å². The first-order chi connectivity index (χ1) is 9.42. The van der Waals surface area contributed by atoms with Crippen molar-refractivity contribution in [3.8, 4) is 17.6 Å². The third-order valence-corrected chi connectivity index (χ3v) is 3.59. The smallest absolute Gasteiger partial charge is 0.147 e. The molecule has 0 heterocycles. The van der Waals surface area contributed by atoms with Crippen LogP contribution in [0, 0.1) is 18.8 Å². The van der Waals surface area contributed by atoms with Crippen molar-refractivity contribution in [3.05, 3.63) is 29.3 Å². The number of hydrogen-bond acceptors (Lipinski definition) is 4. The molecule has 1 aromatic carbocycles. The first kappa shape index (κ1) is 16.5. The van der Waals surface area contributed by atoms with Gasteiger partial charge in [-0.15, -0.1) is 0 Å². The number of benzene rings is 1. The van der Waals surface area contributed by atoms with Crippen molar-refractivity contribution in [2.45, 2.75) is 19.8 Å². The summed E-state index contributed by atoms with van der Waals surface area (Å²) in [6.45, 7) is 2.36. The Labute approximate surface area is 120 Å². The Morgan fingerprint density at radius 3 is 2.70 bits per heavy atom. The van der Waals surface area contributed by atoms with E-state index in [1.807, 2.05) is 25.1 Å². The van der Waals surface area contributed by atoms with E-state index in [1.165, 1.54) is 6.26 Å². The molecule has 4 nitrogen and oxygen atoms in total. The fraction of sp³-hybridized carbons (Fsp3) is 0.467. The van der Waals surface area contributed by atoms with Gasteiger partial charge in [0.25, 0.3) is 0 Å². The SMILES string of the molecule is Cc1cc(C#CCCO)ccc1OCCCS(C)(=O)=O. The average molecular weight is 296 g/mol. The number of aliphatic hydroxyl groups is 1. The maximum atomic E-state index is 11.0. The Kier molecular flexibility index (Phi) is 6.56. The van der Waals surface area contributed by atoms with Crippen LogP contribution in [0.25, 0.3) is 0 Å². The molecule has 0 saturated heterocycles. The topological polar surface area (TPSA) is 63.6 Å². The Bertz CT molecular complexity index is 594. The molecule has 0 aromatic heterocycles. The van der Waals surface area contributed by atoms with Crippen molar-refractivity contribution >= 4 is 9.84 Å². The van der Waals surface area contributed by atoms with Gasteiger partial charge in [0.1, 0.15) is 15.6 Å². The van der Waals surface area contributed by atoms with Gasteiger partial charge in [-0.1, -0.05) is 11.8 Å². The second-order valence-electron chi connectivity index (χ2n) is 4.59. The Morgan fingerprint density at radius 1 is 1.35 bits per heavy atom. The number of aryl methyl sites for hydroxylation is 1. The van der Waals surface area contributed by atoms with E-state index < -0.39 is 9.84 Å². The van der Waals surface area contributed by atoms with E-state index in [-0.39, 0.29) is 12.4 Å². The van der Waals surface area contributed by atoms with Crippen LogP contribution in [0.2, 0.25) is 0 Å². The first-order valence-electron chi connectivity index (χ1n) is 6.43. The van der Waals surface area contributed by atoms with E-state index >= 15 is 0 Å². The first-order valence-corrected chi connectivity index (χ1v) is 8.49. The molecular formula is C15H20O4S. The van der Waals surface area contributed by atoms with Gasteiger partial charge in [0.05, 0.1) is 19.0 Å². The van der Waals surface area contributed by atoms with Crippen LogP contribution < -0.4 is 4.74 Å². The fourth-order valence-corrected chi connectivity index (χ4v) is 2.26. The van der Waals surface area contributed by atoms with E-state index in [1.54, 1.807) is 0 Å². The lowest BCUT2D eigenvalue weighted by molar-refractivity contribution is 0.305. The van der Waals surface area contributed by atoms with Gasteiger partial charge in [-0.3, -0.25) is 0 Å². The number of ether oxygens (including phenoxy) is 1. The molecule has 0 aliphatic rings. The summed E-state index contributed by atoms with van der Waals surface area (Å²) >= 11 is 0. The molecule has 1 rings (SSSR count). The van der Waals surface area contributed by atoms with Crippen molar-refractivity contribution in [1.82, 2.24) is 0 Å². The number of rotatable bonds is 6. The highest BCUT2D eigenvalue weighted by atomic mass is 32.2. The molecule has 0 spiro atoms. The number of hydrogen-bond donors (Lipinski definition) is 1. The van der Waals surface area contributed by atoms with Gasteiger partial charge in [-0.2, -0.15) is 0 Å². The van der Waals surface area contributed by atoms with Crippen LogP contribution in [0.5, 0.6) is 5.75 Å². The minimum atomic E-state index is -2.93. The summed E-state index contributed by atoms with van der Waals surface area (Å²) < 4.78 is 27.5. The van der Waals surface area contributed by atoms with Gasteiger partial charge in [0.2, 0.25) is 0 Å². The highest BCUT2D eigenvalue weighted by Crippen LogP contribution is 2.19. The zero-order valence-electron chi connectivity index (χ0n) is 11.8. The maximum Gasteiger partial charge on any atom is 0.147 e. The number of aliphatic hydroxyl groups excluding tert-OH is 1. The zero-order chi connectivity index (χ0) is 15.0. The predicted octanol–water partition coefficient (Wildman–Crippen LogP) is 1.54. The van der Waals surface area contributed by atoms with Crippen LogP contribution in [-0.2, 0) is 9.84 Å². The molecule has 5 heteroatoms. The molecule has 1 N–H and O–H groups in total. The zero-order valence-corrected chi connectivity index (χ0v) is 12.7. The van der Waals surface area contributed by atoms with Crippen LogP contribution in [-0.4, -0.2) is 38.7 Å². The van der Waals surface area contributed by atoms with Crippen molar-refractivity contribution < 1.29 is 18.3 Å². The predicted molar refractivity (Wildman–Crippen MR) is 79.6 cm³/mol. The maximum absolute atomic E-state index is 11.0. The van der Waals surface area contributed by atoms with Crippen molar-refractivity contribution in [2.24, 2.45) is 0 Å². The molecule has 0 aliphatic carbocycles. The van der Waals surface area contributed by atoms with Crippen molar-refractivity contribution in [3.63, 3.8) is 0 Å². The summed E-state index contributed by atoms with van der Waals surface area (Å²) in [5.41, 5.74) is 1.83. The summed E-state index contributed by atoms with van der Waals surface area (Å²) in [5.74, 6) is 6.69. The van der Waals surface area contributed by atoms with Gasteiger partial charge >= 0.3 is 0 Å². The normalized spacial score (nSPS) is 10.8. The van der Waals surface area contributed by atoms with E-state index in [0.717, 1.165) is 16.9 Å². The third kappa shape index (κ3) is 6.60. The van der Waals surface area contributed by atoms with Gasteiger partial charge < -0.3 is 9.84 Å². The van der Waals surface area contributed by atoms with E-state index in [4.69, 9.17) is 9.84 Å². The van der Waals surface area contributed by atoms with E-state index in [2.05, 4.69) is 11.8 Å². The number of sulfone groups is 1. The van der Waals surface area contributed by atoms with Crippen LogP contribution in [0.15, 0.2) is 18.2 Å². The molecule has 0 aliphatic heterocycles. The van der Waals surface area contributed by atoms with Gasteiger partial charge in [-0.25, -0.2) is 8.42 Å². The monoisotopic (exact) mass is 296 g/mol. The van der Waals surface area contributed by atoms with Crippen LogP contribution >= 0.6 is 0 Å². The molecule has 1 aromatic rings. The summed E-state index contributed by atoms with van der Waals surface area (Å²) in [5, 5.41) is 8.66. The minimum absolute atomic E-state index is 0.0630. The molecule has 0 unspecified atom stereocenters. The van der Waals surface area contributed by atoms with Crippen molar-refractivity contribution in [2.75, 3.05) is 25.2 Å². The summed E-state index contributed by atoms with van der Waals surface area (Å²) in [6.07, 6.45) is 2.16. The minimum Gasteiger partial charge on any atom is -0.493 e. The Morgan fingerprint density at radius 2 is 2.10 bits per heavy atom. The molecule has 0 fully saturated rings. The molecule has 0 bridgehead atoms. The Balaban J connectivity index is 2.54. The second-order valence-corrected chi connectivity index (χ2v) is 6.85. The Hall–Kier alpha value is -1.51. The molecule has 0 atom stereocenters. The lowest BCUT2D eigenvalue weighted by atomic mass is 10.1. The lowest BCUT2D eigenvalue weighted by Gasteiger charge is -2.09. The average Bonchev–Trinajstić information content (AvgIpc) is 2.36. The largest absolute Gasteiger partial charge is 0.493 e. The highest BCUT2D eigenvalue weighted by Gasteiger charge is 2.03. The summed E-state index contributed by atoms with van der Waals surface area (Å²) in [4.78, 5) is 0. The third-order valence-electron chi connectivity index (χ3n) is 2.56. The molecular weight excluding hydrogens is 276 g/mol. The van der Waals surface area contributed by atoms with E-state index in [0.29, 0.717) is 19.4 Å². The second kappa shape index (κ2) is 7.93. The van der Waals surface area contributed by atoms with Crippen LogP contribution in [0.1, 0.15) is 24.0 Å². The quantitative estimate of drug-likeness (QED) is 0.639. The highest BCUT2D eigenvalue weighted by molar-refractivity contribution is 7.90. The van der Waals surface area contributed by atoms with Gasteiger partial charge in [0, 0.05) is 18.2 Å². The summed E-state index contributed by atoms with van der Waals surface area (Å²) in [6, 6.07) is 5.60. The lowest BCUT2D eigenvalue weighted by Crippen LogP contribution is -2.08. The molecule has 20 heavy (non-hydrogen) atoms. The fourth-order valence-electron chi connectivity index (χ4n) is 1.61. The molecule has 0 amide bonds. The van der Waals surface area contributed by atoms with E-state index in [9.17, 15) is 8.42 Å². The summed E-state index contributed by atoms with van der Waals surface area (Å²) in [7, 11) is -2.93. The van der Waals surface area contributed by atoms with Gasteiger partial charge in [0.15, 0.2) is 0 Å². The standard InChI is InChI=1S/C15H20O4S/c1-13-12-14(6-3-4-9-16)7-8-15(13)19-10-5-11-20(2,17)18/h7-8,12,16H,4-5,9-11H2,1-2H3. The molecule has 110 valence electrons. The molecule has 0 radical (unpaired) electrons. The van der Waals surface area contributed by atoms with Crippen LogP contribution in [0.4, 0.5) is 0 Å².